The first-order chi connectivity index (χ1) is 20.3. The second-order valence-corrected chi connectivity index (χ2v) is 12.8. The topological polar surface area (TPSA) is 154 Å². The van der Waals surface area contributed by atoms with Crippen molar-refractivity contribution in [1.82, 2.24) is 30.1 Å². The number of anilines is 2. The number of carbonyl (C=O) groups excluding carboxylic acids is 1. The Morgan fingerprint density at radius 1 is 1.17 bits per heavy atom. The molecule has 0 aromatic carbocycles. The van der Waals surface area contributed by atoms with Crippen molar-refractivity contribution in [1.29, 1.82) is 5.26 Å². The van der Waals surface area contributed by atoms with Gasteiger partial charge in [-0.3, -0.25) is 9.78 Å². The summed E-state index contributed by atoms with van der Waals surface area (Å²) >= 11 is 1.54. The van der Waals surface area contributed by atoms with Crippen LogP contribution in [0, 0.1) is 23.2 Å². The second kappa shape index (κ2) is 10.3. The predicted octanol–water partition coefficient (Wildman–Crippen LogP) is 2.70. The fraction of sp³-hybridized carbons (Fsp3) is 0.448. The van der Waals surface area contributed by atoms with Crippen LogP contribution in [0.4, 0.5) is 10.8 Å². The molecule has 13 heteroatoms. The van der Waals surface area contributed by atoms with Gasteiger partial charge in [0.05, 0.1) is 53.5 Å². The number of hydrogen-bond donors (Lipinski definition) is 3. The van der Waals surface area contributed by atoms with Crippen LogP contribution in [0.15, 0.2) is 36.7 Å². The molecule has 1 saturated carbocycles. The molecule has 3 fully saturated rings. The van der Waals surface area contributed by atoms with E-state index in [2.05, 4.69) is 36.9 Å². The molecule has 42 heavy (non-hydrogen) atoms. The van der Waals surface area contributed by atoms with Gasteiger partial charge in [-0.2, -0.15) is 10.4 Å². The van der Waals surface area contributed by atoms with E-state index >= 15 is 0 Å². The molecule has 2 atom stereocenters. The van der Waals surface area contributed by atoms with Crippen LogP contribution in [-0.2, 0) is 9.53 Å². The van der Waals surface area contributed by atoms with E-state index < -0.39 is 5.60 Å². The van der Waals surface area contributed by atoms with Crippen LogP contribution < -0.4 is 15.5 Å². The van der Waals surface area contributed by atoms with E-state index in [0.717, 1.165) is 64.2 Å². The van der Waals surface area contributed by atoms with E-state index in [0.29, 0.717) is 30.6 Å². The minimum absolute atomic E-state index is 0.0657. The van der Waals surface area contributed by atoms with Crippen molar-refractivity contribution in [3.8, 4) is 28.0 Å². The van der Waals surface area contributed by atoms with Crippen LogP contribution in [0.3, 0.4) is 0 Å². The number of piperidine rings is 1. The lowest BCUT2D eigenvalue weighted by Crippen LogP contribution is -2.56. The van der Waals surface area contributed by atoms with E-state index in [4.69, 9.17) is 9.72 Å². The maximum atomic E-state index is 12.5. The third-order valence-electron chi connectivity index (χ3n) is 8.40. The highest BCUT2D eigenvalue weighted by Crippen LogP contribution is 2.41. The maximum absolute atomic E-state index is 12.5. The van der Waals surface area contributed by atoms with Gasteiger partial charge in [-0.1, -0.05) is 11.3 Å². The number of nitrogens with zero attached hydrogens (tertiary/aromatic N) is 7. The molecular formula is C29H31N9O3S. The molecule has 3 N–H and O–H groups in total. The minimum Gasteiger partial charge on any atom is -0.381 e. The van der Waals surface area contributed by atoms with Crippen molar-refractivity contribution in [2.45, 2.75) is 44.4 Å². The number of rotatable bonds is 7. The van der Waals surface area contributed by atoms with Gasteiger partial charge in [0.2, 0.25) is 5.13 Å². The summed E-state index contributed by atoms with van der Waals surface area (Å²) in [7, 11) is 0. The smallest absolute Gasteiger partial charge is 0.251 e. The summed E-state index contributed by atoms with van der Waals surface area (Å²) in [6, 6.07) is 10.1. The van der Waals surface area contributed by atoms with Crippen LogP contribution in [0.2, 0.25) is 0 Å². The molecule has 216 valence electrons. The van der Waals surface area contributed by atoms with Crippen molar-refractivity contribution >= 4 is 33.6 Å². The Morgan fingerprint density at radius 3 is 2.64 bits per heavy atom. The second-order valence-electron chi connectivity index (χ2n) is 11.9. The van der Waals surface area contributed by atoms with Gasteiger partial charge in [0, 0.05) is 31.0 Å². The molecular weight excluding hydrogens is 554 g/mol. The van der Waals surface area contributed by atoms with Crippen LogP contribution in [-0.4, -0.2) is 79.8 Å². The van der Waals surface area contributed by atoms with E-state index in [1.54, 1.807) is 16.8 Å². The molecule has 4 aromatic heterocycles. The molecule has 2 bridgehead atoms. The number of hydrogen-bond acceptors (Lipinski definition) is 11. The lowest BCUT2D eigenvalue weighted by atomic mass is 9.91. The van der Waals surface area contributed by atoms with Gasteiger partial charge in [0.1, 0.15) is 11.7 Å². The minimum atomic E-state index is -1.39. The van der Waals surface area contributed by atoms with E-state index in [1.807, 2.05) is 24.4 Å². The Morgan fingerprint density at radius 2 is 1.95 bits per heavy atom. The zero-order valence-electron chi connectivity index (χ0n) is 23.3. The first-order valence-corrected chi connectivity index (χ1v) is 14.9. The van der Waals surface area contributed by atoms with Gasteiger partial charge in [-0.15, -0.1) is 10.2 Å². The highest BCUT2D eigenvalue weighted by Gasteiger charge is 2.44. The van der Waals surface area contributed by atoms with Crippen molar-refractivity contribution in [3.05, 3.63) is 42.2 Å². The van der Waals surface area contributed by atoms with E-state index in [-0.39, 0.29) is 18.0 Å². The summed E-state index contributed by atoms with van der Waals surface area (Å²) < 4.78 is 7.19. The van der Waals surface area contributed by atoms with Crippen molar-refractivity contribution in [3.63, 3.8) is 0 Å². The highest BCUT2D eigenvalue weighted by atomic mass is 32.1. The number of carbonyl (C=O) groups is 1. The molecule has 3 aliphatic rings. The number of nitriles is 1. The summed E-state index contributed by atoms with van der Waals surface area (Å²) in [6.45, 7) is 5.87. The Kier molecular flexibility index (Phi) is 6.56. The molecule has 1 aliphatic carbocycles. The Balaban J connectivity index is 1.15. The molecule has 12 nitrogen and oxygen atoms in total. The first-order valence-electron chi connectivity index (χ1n) is 14.1. The summed E-state index contributed by atoms with van der Waals surface area (Å²) in [6.07, 6.45) is 5.45. The fourth-order valence-electron chi connectivity index (χ4n) is 6.07. The molecule has 0 radical (unpaired) electrons. The molecule has 1 amide bonds. The Labute approximate surface area is 246 Å². The standard InChI is InChI=1S/C29H31N9O3S/c1-29(2,40)27(39)34-25-17-3-4-18(25)13-37(12-17)28-36-35-26(42-28)21-11-31-23(8-22(21)33-19-14-41-15-19)24-6-5-20-7-16(9-30)10-32-38(20)24/h5-8,10-11,17-19,25,40H,3-4,12-15H2,1-2H3,(H,31,33)(H,34,39). The maximum Gasteiger partial charge on any atom is 0.251 e. The zero-order valence-corrected chi connectivity index (χ0v) is 24.1. The summed E-state index contributed by atoms with van der Waals surface area (Å²) in [5, 5.41) is 41.2. The van der Waals surface area contributed by atoms with Gasteiger partial charge in [0.25, 0.3) is 5.91 Å². The SMILES string of the molecule is CC(C)(O)C(=O)NC1C2CCC1CN(c1nnc(-c3cnc(-c4ccc5cc(C#N)cnn45)cc3NC3COC3)s1)C2. The average molecular weight is 586 g/mol. The third-order valence-corrected chi connectivity index (χ3v) is 9.41. The lowest BCUT2D eigenvalue weighted by molar-refractivity contribution is -0.137. The molecule has 2 saturated heterocycles. The number of aromatic nitrogens is 5. The normalized spacial score (nSPS) is 22.1. The number of ether oxygens (including phenoxy) is 1. The van der Waals surface area contributed by atoms with Crippen LogP contribution >= 0.6 is 11.3 Å². The van der Waals surface area contributed by atoms with Crippen molar-refractivity contribution in [2.24, 2.45) is 11.8 Å². The molecule has 2 unspecified atom stereocenters. The van der Waals surface area contributed by atoms with Gasteiger partial charge < -0.3 is 25.4 Å². The van der Waals surface area contributed by atoms with Crippen molar-refractivity contribution in [2.75, 3.05) is 36.5 Å². The number of nitrogens with one attached hydrogen (secondary N) is 2. The van der Waals surface area contributed by atoms with Gasteiger partial charge in [-0.05, 0) is 62.8 Å². The Hall–Kier alpha value is -4.12. The predicted molar refractivity (Wildman–Crippen MR) is 157 cm³/mol. The van der Waals surface area contributed by atoms with E-state index in [9.17, 15) is 15.2 Å². The number of amides is 1. The number of pyridine rings is 1. The number of aliphatic hydroxyl groups is 1. The summed E-state index contributed by atoms with van der Waals surface area (Å²) in [4.78, 5) is 19.5. The first kappa shape index (κ1) is 26.8. The summed E-state index contributed by atoms with van der Waals surface area (Å²) in [5.74, 6) is 0.280. The number of fused-ring (bicyclic) bond motifs is 3. The quantitative estimate of drug-likeness (QED) is 0.295. The largest absolute Gasteiger partial charge is 0.381 e. The summed E-state index contributed by atoms with van der Waals surface area (Å²) in [5.41, 5.74) is 3.27. The van der Waals surface area contributed by atoms with Crippen molar-refractivity contribution < 1.29 is 14.6 Å². The lowest BCUT2D eigenvalue weighted by Gasteiger charge is -2.38. The average Bonchev–Trinajstić information content (AvgIpc) is 3.66. The monoisotopic (exact) mass is 585 g/mol. The van der Waals surface area contributed by atoms with E-state index in [1.165, 1.54) is 25.2 Å². The molecule has 4 aromatic rings. The molecule has 2 aliphatic heterocycles. The fourth-order valence-corrected chi connectivity index (χ4v) is 6.96. The third kappa shape index (κ3) is 4.85. The van der Waals surface area contributed by atoms with Gasteiger partial charge in [0.15, 0.2) is 5.01 Å². The highest BCUT2D eigenvalue weighted by molar-refractivity contribution is 7.18. The Bertz CT molecular complexity index is 1690. The van der Waals surface area contributed by atoms with Gasteiger partial charge in [-0.25, -0.2) is 4.52 Å². The zero-order chi connectivity index (χ0) is 29.0. The molecule has 6 heterocycles. The van der Waals surface area contributed by atoms with Crippen LogP contribution in [0.1, 0.15) is 32.3 Å². The molecule has 7 rings (SSSR count). The van der Waals surface area contributed by atoms with Crippen LogP contribution in [0.5, 0.6) is 0 Å². The molecule has 0 spiro atoms. The van der Waals surface area contributed by atoms with Crippen LogP contribution in [0.25, 0.3) is 27.5 Å². The van der Waals surface area contributed by atoms with Gasteiger partial charge >= 0.3 is 0 Å².